The third kappa shape index (κ3) is 2.78. The van der Waals surface area contributed by atoms with E-state index in [0.29, 0.717) is 21.9 Å². The molecule has 2 aromatic heterocycles. The van der Waals surface area contributed by atoms with Gasteiger partial charge in [-0.2, -0.15) is 0 Å². The highest BCUT2D eigenvalue weighted by molar-refractivity contribution is 7.99. The fraction of sp³-hybridized carbons (Fsp3) is 0. The molecule has 0 atom stereocenters. The number of anilines is 3. The van der Waals surface area contributed by atoms with Gasteiger partial charge < -0.3 is 9.32 Å². The molecule has 3 nitrogen and oxygen atoms in total. The van der Waals surface area contributed by atoms with Crippen molar-refractivity contribution in [1.29, 1.82) is 0 Å². The lowest BCUT2D eigenvalue weighted by atomic mass is 10.1. The lowest BCUT2D eigenvalue weighted by molar-refractivity contribution is 0.660. The number of rotatable bonds is 1. The third-order valence-electron chi connectivity index (χ3n) is 6.85. The monoisotopic (exact) mass is 499 g/mol. The van der Waals surface area contributed by atoms with E-state index in [-0.39, 0.29) is 5.43 Å². The second kappa shape index (κ2) is 7.47. The van der Waals surface area contributed by atoms with Gasteiger partial charge in [0.2, 0.25) is 5.43 Å². The first-order valence-corrected chi connectivity index (χ1v) is 13.4. The molecule has 7 aromatic rings. The van der Waals surface area contributed by atoms with E-state index in [0.717, 1.165) is 15.8 Å². The van der Waals surface area contributed by atoms with Gasteiger partial charge in [0.15, 0.2) is 0 Å². The van der Waals surface area contributed by atoms with Gasteiger partial charge in [-0.1, -0.05) is 60.3 Å². The van der Waals surface area contributed by atoms with E-state index in [1.807, 2.05) is 48.2 Å². The topological polar surface area (TPSA) is 33.5 Å². The zero-order valence-corrected chi connectivity index (χ0v) is 20.5. The van der Waals surface area contributed by atoms with Crippen LogP contribution in [-0.4, -0.2) is 0 Å². The van der Waals surface area contributed by atoms with Crippen molar-refractivity contribution < 1.29 is 4.42 Å². The largest absolute Gasteiger partial charge is 0.456 e. The fourth-order valence-corrected chi connectivity index (χ4v) is 7.50. The summed E-state index contributed by atoms with van der Waals surface area (Å²) < 4.78 is 8.46. The Balaban J connectivity index is 1.45. The quantitative estimate of drug-likeness (QED) is 0.211. The van der Waals surface area contributed by atoms with Crippen molar-refractivity contribution in [3.63, 3.8) is 0 Å². The number of hydrogen-bond donors (Lipinski definition) is 0. The van der Waals surface area contributed by atoms with E-state index in [1.54, 1.807) is 11.3 Å². The van der Waals surface area contributed by atoms with E-state index < -0.39 is 0 Å². The molecule has 0 aliphatic carbocycles. The van der Waals surface area contributed by atoms with E-state index in [9.17, 15) is 4.79 Å². The second-order valence-corrected chi connectivity index (χ2v) is 11.0. The van der Waals surface area contributed by atoms with Gasteiger partial charge in [0.05, 0.1) is 32.5 Å². The molecule has 5 heteroatoms. The highest BCUT2D eigenvalue weighted by atomic mass is 32.2. The minimum atomic E-state index is 0.0161. The Morgan fingerprint density at radius 1 is 0.583 bits per heavy atom. The highest BCUT2D eigenvalue weighted by Gasteiger charge is 2.26. The van der Waals surface area contributed by atoms with Crippen LogP contribution < -0.4 is 10.3 Å². The first-order chi connectivity index (χ1) is 17.8. The minimum absolute atomic E-state index is 0.0161. The molecule has 0 spiro atoms. The van der Waals surface area contributed by atoms with Crippen molar-refractivity contribution in [3.8, 4) is 0 Å². The van der Waals surface area contributed by atoms with Crippen LogP contribution in [0.3, 0.4) is 0 Å². The van der Waals surface area contributed by atoms with Crippen LogP contribution in [0.5, 0.6) is 0 Å². The van der Waals surface area contributed by atoms with Crippen molar-refractivity contribution in [2.45, 2.75) is 9.79 Å². The molecular formula is C31H17NO2S2. The maximum absolute atomic E-state index is 13.3. The zero-order chi connectivity index (χ0) is 23.8. The number of nitrogens with zero attached hydrogens (tertiary/aromatic N) is 1. The Bertz CT molecular complexity index is 2030. The van der Waals surface area contributed by atoms with Crippen LogP contribution in [0.4, 0.5) is 17.1 Å². The van der Waals surface area contributed by atoms with Crippen LogP contribution in [-0.2, 0) is 0 Å². The fourth-order valence-electron chi connectivity index (χ4n) is 5.22. The molecule has 0 saturated heterocycles. The summed E-state index contributed by atoms with van der Waals surface area (Å²) >= 11 is 3.54. The van der Waals surface area contributed by atoms with Crippen molar-refractivity contribution in [2.75, 3.05) is 4.90 Å². The predicted octanol–water partition coefficient (Wildman–Crippen LogP) is 9.25. The van der Waals surface area contributed by atoms with Crippen LogP contribution in [0.2, 0.25) is 0 Å². The van der Waals surface area contributed by atoms with Gasteiger partial charge in [-0.25, -0.2) is 0 Å². The molecule has 170 valence electrons. The Kier molecular flexibility index (Phi) is 4.18. The van der Waals surface area contributed by atoms with Gasteiger partial charge in [-0.15, -0.1) is 11.3 Å². The zero-order valence-electron chi connectivity index (χ0n) is 18.9. The molecule has 0 radical (unpaired) electrons. The van der Waals surface area contributed by atoms with Gasteiger partial charge in [-0.05, 0) is 54.6 Å². The molecule has 0 saturated carbocycles. The number of thiophene rings is 1. The molecule has 0 fully saturated rings. The molecule has 0 unspecified atom stereocenters. The average Bonchev–Trinajstić information content (AvgIpc) is 3.29. The van der Waals surface area contributed by atoms with Crippen LogP contribution in [0.1, 0.15) is 0 Å². The van der Waals surface area contributed by atoms with E-state index in [2.05, 4.69) is 71.6 Å². The smallest absolute Gasteiger partial charge is 0.200 e. The molecule has 1 aliphatic rings. The highest BCUT2D eigenvalue weighted by Crippen LogP contribution is 2.53. The van der Waals surface area contributed by atoms with Gasteiger partial charge in [0.1, 0.15) is 11.2 Å². The number of benzene rings is 5. The molecule has 1 aliphatic heterocycles. The second-order valence-electron chi connectivity index (χ2n) is 8.90. The van der Waals surface area contributed by atoms with Crippen LogP contribution in [0, 0.1) is 0 Å². The summed E-state index contributed by atoms with van der Waals surface area (Å²) in [4.78, 5) is 18.1. The molecule has 36 heavy (non-hydrogen) atoms. The maximum Gasteiger partial charge on any atom is 0.200 e. The molecule has 0 N–H and O–H groups in total. The molecule has 0 amide bonds. The molecule has 3 heterocycles. The third-order valence-corrected chi connectivity index (χ3v) is 9.17. The summed E-state index contributed by atoms with van der Waals surface area (Å²) in [7, 11) is 0. The Morgan fingerprint density at radius 2 is 1.25 bits per heavy atom. The normalized spacial score (nSPS) is 12.9. The maximum atomic E-state index is 13.3. The van der Waals surface area contributed by atoms with E-state index in [1.165, 1.54) is 31.3 Å². The van der Waals surface area contributed by atoms with Gasteiger partial charge in [-0.3, -0.25) is 4.79 Å². The van der Waals surface area contributed by atoms with Crippen molar-refractivity contribution in [3.05, 3.63) is 113 Å². The van der Waals surface area contributed by atoms with Crippen LogP contribution >= 0.6 is 23.1 Å². The summed E-state index contributed by atoms with van der Waals surface area (Å²) in [6.07, 6.45) is 0. The summed E-state index contributed by atoms with van der Waals surface area (Å²) in [6.45, 7) is 0. The predicted molar refractivity (Wildman–Crippen MR) is 152 cm³/mol. The lowest BCUT2D eigenvalue weighted by Gasteiger charge is -2.33. The summed E-state index contributed by atoms with van der Waals surface area (Å²) in [5.74, 6) is 0. The molecule has 8 rings (SSSR count). The Morgan fingerprint density at radius 3 is 2.06 bits per heavy atom. The van der Waals surface area contributed by atoms with Crippen molar-refractivity contribution in [2.24, 2.45) is 0 Å². The summed E-state index contributed by atoms with van der Waals surface area (Å²) in [5.41, 5.74) is 4.76. The lowest BCUT2D eigenvalue weighted by Crippen LogP contribution is -2.14. The van der Waals surface area contributed by atoms with Gasteiger partial charge in [0, 0.05) is 25.3 Å². The van der Waals surface area contributed by atoms with Crippen LogP contribution in [0.25, 0.3) is 42.1 Å². The molecule has 5 aromatic carbocycles. The van der Waals surface area contributed by atoms with Gasteiger partial charge >= 0.3 is 0 Å². The van der Waals surface area contributed by atoms with Crippen LogP contribution in [0.15, 0.2) is 122 Å². The molecular weight excluding hydrogens is 482 g/mol. The van der Waals surface area contributed by atoms with Gasteiger partial charge in [0.25, 0.3) is 0 Å². The molecule has 0 bridgehead atoms. The SMILES string of the molecule is O=c1c2ccccc2oc2cc3c(cc12)sc1c(N2c4ccccc4Sc4ccccc42)cccc13. The minimum Gasteiger partial charge on any atom is -0.456 e. The Hall–Kier alpha value is -4.06. The number of para-hydroxylation sites is 3. The first kappa shape index (κ1) is 20.2. The first-order valence-electron chi connectivity index (χ1n) is 11.7. The number of hydrogen-bond acceptors (Lipinski definition) is 5. The summed E-state index contributed by atoms with van der Waals surface area (Å²) in [5, 5.41) is 3.51. The number of fused-ring (bicyclic) bond motifs is 7. The van der Waals surface area contributed by atoms with E-state index >= 15 is 0 Å². The van der Waals surface area contributed by atoms with Crippen molar-refractivity contribution in [1.82, 2.24) is 0 Å². The Labute approximate surface area is 214 Å². The summed E-state index contributed by atoms with van der Waals surface area (Å²) in [6, 6.07) is 35.1. The standard InChI is InChI=1S/C31H17NO2S2/c33-30-19-8-1-4-13-25(19)34-26-16-20-18-9-7-12-24(31(18)36-29(20)17-21(26)30)32-22-10-2-5-14-27(22)35-28-15-6-3-11-23(28)32/h1-17H. The van der Waals surface area contributed by atoms with E-state index in [4.69, 9.17) is 4.42 Å². The average molecular weight is 500 g/mol. The van der Waals surface area contributed by atoms with Crippen molar-refractivity contribution >= 4 is 82.3 Å².